The number of hydrogen-bond donors (Lipinski definition) is 0. The second kappa shape index (κ2) is 6.71. The van der Waals surface area contributed by atoms with Gasteiger partial charge < -0.3 is 9.31 Å². The quantitative estimate of drug-likeness (QED) is 0.506. The molecule has 0 N–H and O–H groups in total. The standard InChI is InChI=1S/C14H13BIN3O4/c1-18-8-12(20)22-15(23-13(21)9-18)14-11(16)7-19(17-14)10-5-3-2-4-6-10/h2-7H,8-9H2,1H3. The van der Waals surface area contributed by atoms with Gasteiger partial charge in [0.15, 0.2) is 0 Å². The second-order valence-corrected chi connectivity index (χ2v) is 6.29. The van der Waals surface area contributed by atoms with Crippen LogP contribution < -0.4 is 5.59 Å². The van der Waals surface area contributed by atoms with Crippen LogP contribution in [0.3, 0.4) is 0 Å². The predicted octanol–water partition coefficient (Wildman–Crippen LogP) is 0.204. The largest absolute Gasteiger partial charge is 0.659 e. The van der Waals surface area contributed by atoms with Crippen molar-refractivity contribution in [3.8, 4) is 5.69 Å². The van der Waals surface area contributed by atoms with Crippen LogP contribution in [0.25, 0.3) is 5.69 Å². The third-order valence-electron chi connectivity index (χ3n) is 3.21. The topological polar surface area (TPSA) is 73.7 Å². The van der Waals surface area contributed by atoms with Crippen molar-refractivity contribution in [1.29, 1.82) is 0 Å². The third kappa shape index (κ3) is 3.73. The van der Waals surface area contributed by atoms with E-state index < -0.39 is 19.1 Å². The van der Waals surface area contributed by atoms with Gasteiger partial charge in [-0.1, -0.05) is 18.2 Å². The van der Waals surface area contributed by atoms with E-state index in [4.69, 9.17) is 9.31 Å². The zero-order valence-electron chi connectivity index (χ0n) is 12.3. The number of likely N-dealkylation sites (N-methyl/N-ethyl adjacent to an activating group) is 1. The van der Waals surface area contributed by atoms with Crippen LogP contribution in [0.1, 0.15) is 0 Å². The maximum atomic E-state index is 11.8. The van der Waals surface area contributed by atoms with Crippen LogP contribution in [-0.2, 0) is 18.9 Å². The van der Waals surface area contributed by atoms with Crippen molar-refractivity contribution in [2.45, 2.75) is 0 Å². The first-order chi connectivity index (χ1) is 11.0. The molecule has 23 heavy (non-hydrogen) atoms. The van der Waals surface area contributed by atoms with E-state index in [0.717, 1.165) is 9.26 Å². The predicted molar refractivity (Wildman–Crippen MR) is 91.4 cm³/mol. The molecule has 7 nitrogen and oxygen atoms in total. The van der Waals surface area contributed by atoms with Crippen LogP contribution in [0, 0.1) is 3.57 Å². The first kappa shape index (κ1) is 16.0. The van der Waals surface area contributed by atoms with E-state index in [9.17, 15) is 9.59 Å². The summed E-state index contributed by atoms with van der Waals surface area (Å²) in [5.41, 5.74) is 1.26. The minimum atomic E-state index is -1.12. The summed E-state index contributed by atoms with van der Waals surface area (Å²) < 4.78 is 12.9. The third-order valence-corrected chi connectivity index (χ3v) is 4.05. The Morgan fingerprint density at radius 3 is 2.35 bits per heavy atom. The fourth-order valence-corrected chi connectivity index (χ4v) is 2.81. The van der Waals surface area contributed by atoms with E-state index in [1.54, 1.807) is 17.9 Å². The molecule has 3 rings (SSSR count). The van der Waals surface area contributed by atoms with Gasteiger partial charge in [-0.05, 0) is 41.8 Å². The number of carbonyl (C=O) groups excluding carboxylic acids is 2. The molecule has 1 saturated heterocycles. The van der Waals surface area contributed by atoms with Gasteiger partial charge in [0.25, 0.3) is 0 Å². The van der Waals surface area contributed by atoms with E-state index in [2.05, 4.69) is 27.7 Å². The summed E-state index contributed by atoms with van der Waals surface area (Å²) in [5, 5.41) is 4.41. The van der Waals surface area contributed by atoms with Crippen LogP contribution in [0.5, 0.6) is 0 Å². The minimum Gasteiger partial charge on any atom is -0.493 e. The highest BCUT2D eigenvalue weighted by Gasteiger charge is 2.38. The number of para-hydroxylation sites is 1. The van der Waals surface area contributed by atoms with E-state index in [0.29, 0.717) is 5.59 Å². The van der Waals surface area contributed by atoms with Gasteiger partial charge >= 0.3 is 19.1 Å². The molecule has 0 spiro atoms. The Bertz CT molecular complexity index is 717. The molecule has 2 aromatic rings. The molecule has 0 bridgehead atoms. The Hall–Kier alpha value is -1.88. The lowest BCUT2D eigenvalue weighted by Gasteiger charge is -2.21. The molecule has 0 radical (unpaired) electrons. The normalized spacial score (nSPS) is 16.5. The van der Waals surface area contributed by atoms with Crippen molar-refractivity contribution in [3.63, 3.8) is 0 Å². The molecule has 9 heteroatoms. The van der Waals surface area contributed by atoms with Crippen molar-refractivity contribution in [2.24, 2.45) is 0 Å². The number of rotatable bonds is 2. The van der Waals surface area contributed by atoms with Gasteiger partial charge in [-0.2, -0.15) is 5.10 Å². The minimum absolute atomic E-state index is 0.0293. The summed E-state index contributed by atoms with van der Waals surface area (Å²) in [7, 11) is 0.525. The van der Waals surface area contributed by atoms with Crippen LogP contribution in [-0.4, -0.2) is 53.9 Å². The molecule has 0 atom stereocenters. The maximum Gasteiger partial charge on any atom is 0.659 e. The number of benzene rings is 1. The second-order valence-electron chi connectivity index (χ2n) is 5.13. The molecule has 118 valence electrons. The van der Waals surface area contributed by atoms with Gasteiger partial charge in [0.05, 0.1) is 22.3 Å². The van der Waals surface area contributed by atoms with Crippen LogP contribution in [0.4, 0.5) is 0 Å². The number of nitrogens with zero attached hydrogens (tertiary/aromatic N) is 3. The molecular weight excluding hydrogens is 412 g/mol. The lowest BCUT2D eigenvalue weighted by atomic mass is 9.84. The van der Waals surface area contributed by atoms with Gasteiger partial charge in [0, 0.05) is 6.20 Å². The Kier molecular flexibility index (Phi) is 4.67. The van der Waals surface area contributed by atoms with Gasteiger partial charge in [0.2, 0.25) is 0 Å². The number of hydrogen-bond acceptors (Lipinski definition) is 6. The average Bonchev–Trinajstić information content (AvgIpc) is 2.87. The van der Waals surface area contributed by atoms with Gasteiger partial charge in [-0.3, -0.25) is 14.5 Å². The van der Waals surface area contributed by atoms with Crippen LogP contribution in [0.2, 0.25) is 0 Å². The Labute approximate surface area is 146 Å². The lowest BCUT2D eigenvalue weighted by molar-refractivity contribution is -0.145. The van der Waals surface area contributed by atoms with Crippen molar-refractivity contribution in [2.75, 3.05) is 20.1 Å². The fourth-order valence-electron chi connectivity index (χ4n) is 2.18. The zero-order valence-corrected chi connectivity index (χ0v) is 14.5. The number of carbonyl (C=O) groups is 2. The molecule has 1 aliphatic heterocycles. The molecule has 1 aromatic heterocycles. The zero-order chi connectivity index (χ0) is 16.4. The van der Waals surface area contributed by atoms with Crippen molar-refractivity contribution < 1.29 is 18.9 Å². The van der Waals surface area contributed by atoms with Crippen LogP contribution >= 0.6 is 22.6 Å². The molecular formula is C14H13BIN3O4. The molecule has 0 saturated carbocycles. The highest BCUT2D eigenvalue weighted by atomic mass is 127. The summed E-state index contributed by atoms with van der Waals surface area (Å²) in [5.74, 6) is -0.926. The van der Waals surface area contributed by atoms with Gasteiger partial charge in [-0.25, -0.2) is 4.68 Å². The van der Waals surface area contributed by atoms with Crippen molar-refractivity contribution in [3.05, 3.63) is 40.1 Å². The maximum absolute atomic E-state index is 11.8. The Morgan fingerprint density at radius 2 is 1.74 bits per heavy atom. The molecule has 2 heterocycles. The van der Waals surface area contributed by atoms with Gasteiger partial charge in [-0.15, -0.1) is 0 Å². The summed E-state index contributed by atoms with van der Waals surface area (Å²) in [4.78, 5) is 25.2. The molecule has 0 unspecified atom stereocenters. The highest BCUT2D eigenvalue weighted by Crippen LogP contribution is 2.10. The van der Waals surface area contributed by atoms with E-state index in [1.165, 1.54) is 4.90 Å². The first-order valence-electron chi connectivity index (χ1n) is 6.91. The molecule has 0 aliphatic carbocycles. The summed E-state index contributed by atoms with van der Waals surface area (Å²) in [6.07, 6.45) is 1.79. The monoisotopic (exact) mass is 425 g/mol. The summed E-state index contributed by atoms with van der Waals surface area (Å²) in [6.45, 7) is 0.0587. The van der Waals surface area contributed by atoms with E-state index >= 15 is 0 Å². The number of halogens is 1. The summed E-state index contributed by atoms with van der Waals surface area (Å²) >= 11 is 2.07. The Morgan fingerprint density at radius 1 is 1.13 bits per heavy atom. The lowest BCUT2D eigenvalue weighted by Crippen LogP contribution is -2.49. The van der Waals surface area contributed by atoms with E-state index in [-0.39, 0.29) is 13.1 Å². The van der Waals surface area contributed by atoms with Gasteiger partial charge in [0.1, 0.15) is 5.59 Å². The number of aromatic nitrogens is 2. The van der Waals surface area contributed by atoms with Crippen LogP contribution in [0.15, 0.2) is 36.5 Å². The van der Waals surface area contributed by atoms with Crippen molar-refractivity contribution >= 4 is 47.2 Å². The fraction of sp³-hybridized carbons (Fsp3) is 0.214. The average molecular weight is 425 g/mol. The Balaban J connectivity index is 1.89. The van der Waals surface area contributed by atoms with Crippen molar-refractivity contribution in [1.82, 2.24) is 14.7 Å². The summed E-state index contributed by atoms with van der Waals surface area (Å²) in [6, 6.07) is 9.51. The molecule has 0 amide bonds. The SMILES string of the molecule is CN1CC(=O)OB(c2nn(-c3ccccc3)cc2I)OC(=O)C1. The molecule has 1 aliphatic rings. The smallest absolute Gasteiger partial charge is 0.493 e. The molecule has 1 fully saturated rings. The highest BCUT2D eigenvalue weighted by molar-refractivity contribution is 14.1. The molecule has 1 aromatic carbocycles. The first-order valence-corrected chi connectivity index (χ1v) is 7.99. The van der Waals surface area contributed by atoms with E-state index in [1.807, 2.05) is 30.3 Å².